The van der Waals surface area contributed by atoms with Crippen LogP contribution in [0.3, 0.4) is 0 Å². The minimum Gasteiger partial charge on any atom is -0.454 e. The summed E-state index contributed by atoms with van der Waals surface area (Å²) < 4.78 is 9.36. The van der Waals surface area contributed by atoms with E-state index in [1.54, 1.807) is 6.07 Å². The van der Waals surface area contributed by atoms with Crippen LogP contribution in [0, 0.1) is 0 Å². The minimum absolute atomic E-state index is 0.165. The van der Waals surface area contributed by atoms with E-state index in [0.29, 0.717) is 5.69 Å². The van der Waals surface area contributed by atoms with Gasteiger partial charge in [-0.2, -0.15) is 0 Å². The summed E-state index contributed by atoms with van der Waals surface area (Å²) in [6.45, 7) is -0.493. The van der Waals surface area contributed by atoms with Crippen LogP contribution >= 0.6 is 0 Å². The predicted molar refractivity (Wildman–Crippen MR) is 75.4 cm³/mol. The Hall–Kier alpha value is -2.40. The highest BCUT2D eigenvalue weighted by molar-refractivity contribution is 6.02. The van der Waals surface area contributed by atoms with Gasteiger partial charge in [0.05, 0.1) is 0 Å². The summed E-state index contributed by atoms with van der Waals surface area (Å²) in [5, 5.41) is 4.69. The molecule has 0 bridgehead atoms. The zero-order valence-electron chi connectivity index (χ0n) is 11.1. The SMILES string of the molecule is COCC(=O)OCC(=O)Nc1cccc2ccccc12. The highest BCUT2D eigenvalue weighted by atomic mass is 16.6. The van der Waals surface area contributed by atoms with Crippen molar-refractivity contribution in [2.45, 2.75) is 0 Å². The number of carbonyl (C=O) groups excluding carboxylic acids is 2. The number of amides is 1. The number of nitrogens with one attached hydrogen (secondary N) is 1. The summed E-state index contributed by atoms with van der Waals surface area (Å²) in [6.07, 6.45) is 0. The Morgan fingerprint density at radius 2 is 1.80 bits per heavy atom. The Bertz CT molecular complexity index is 619. The first-order valence-electron chi connectivity index (χ1n) is 6.13. The second-order valence-electron chi connectivity index (χ2n) is 4.17. The van der Waals surface area contributed by atoms with Gasteiger partial charge in [-0.15, -0.1) is 0 Å². The fourth-order valence-electron chi connectivity index (χ4n) is 1.83. The van der Waals surface area contributed by atoms with Crippen molar-refractivity contribution in [3.8, 4) is 0 Å². The van der Waals surface area contributed by atoms with Crippen LogP contribution < -0.4 is 5.32 Å². The van der Waals surface area contributed by atoms with Crippen LogP contribution in [0.2, 0.25) is 0 Å². The predicted octanol–water partition coefficient (Wildman–Crippen LogP) is 1.97. The third-order valence-electron chi connectivity index (χ3n) is 2.69. The molecule has 0 aliphatic heterocycles. The van der Waals surface area contributed by atoms with Gasteiger partial charge >= 0.3 is 5.97 Å². The number of esters is 1. The van der Waals surface area contributed by atoms with Crippen molar-refractivity contribution in [3.05, 3.63) is 42.5 Å². The number of fused-ring (bicyclic) bond motifs is 1. The molecule has 0 saturated heterocycles. The van der Waals surface area contributed by atoms with Crippen molar-refractivity contribution in [2.75, 3.05) is 25.6 Å². The Morgan fingerprint density at radius 3 is 2.60 bits per heavy atom. The molecule has 5 heteroatoms. The lowest BCUT2D eigenvalue weighted by atomic mass is 10.1. The average Bonchev–Trinajstić information content (AvgIpc) is 2.46. The molecule has 2 rings (SSSR count). The fourth-order valence-corrected chi connectivity index (χ4v) is 1.83. The standard InChI is InChI=1S/C15H15NO4/c1-19-10-15(18)20-9-14(17)16-13-8-4-6-11-5-2-3-7-12(11)13/h2-8H,9-10H2,1H3,(H,16,17). The summed E-state index contributed by atoms with van der Waals surface area (Å²) in [4.78, 5) is 22.8. The molecular weight excluding hydrogens is 258 g/mol. The van der Waals surface area contributed by atoms with Gasteiger partial charge in [-0.25, -0.2) is 4.79 Å². The quantitative estimate of drug-likeness (QED) is 0.846. The molecule has 0 fully saturated rings. The van der Waals surface area contributed by atoms with Crippen molar-refractivity contribution < 1.29 is 19.1 Å². The molecule has 0 unspecified atom stereocenters. The molecule has 0 aliphatic carbocycles. The van der Waals surface area contributed by atoms with Crippen molar-refractivity contribution in [1.82, 2.24) is 0 Å². The van der Waals surface area contributed by atoms with Crippen molar-refractivity contribution in [1.29, 1.82) is 0 Å². The molecule has 20 heavy (non-hydrogen) atoms. The van der Waals surface area contributed by atoms with E-state index >= 15 is 0 Å². The summed E-state index contributed by atoms with van der Waals surface area (Å²) in [5.41, 5.74) is 0.691. The number of anilines is 1. The molecule has 0 aromatic heterocycles. The molecule has 0 saturated carbocycles. The molecule has 2 aromatic carbocycles. The third kappa shape index (κ3) is 3.55. The number of hydrogen-bond acceptors (Lipinski definition) is 4. The van der Waals surface area contributed by atoms with E-state index < -0.39 is 5.97 Å². The van der Waals surface area contributed by atoms with Gasteiger partial charge in [-0.05, 0) is 11.5 Å². The van der Waals surface area contributed by atoms with Gasteiger partial charge in [0.25, 0.3) is 5.91 Å². The molecule has 1 amide bonds. The van der Waals surface area contributed by atoms with E-state index in [9.17, 15) is 9.59 Å². The Balaban J connectivity index is 2.01. The lowest BCUT2D eigenvalue weighted by Crippen LogP contribution is -2.22. The van der Waals surface area contributed by atoms with Crippen LogP contribution in [0.15, 0.2) is 42.5 Å². The van der Waals surface area contributed by atoms with E-state index in [4.69, 9.17) is 4.74 Å². The largest absolute Gasteiger partial charge is 0.454 e. The van der Waals surface area contributed by atoms with Gasteiger partial charge in [0, 0.05) is 18.2 Å². The van der Waals surface area contributed by atoms with Crippen LogP contribution in [-0.4, -0.2) is 32.2 Å². The van der Waals surface area contributed by atoms with E-state index in [0.717, 1.165) is 10.8 Å². The Morgan fingerprint density at radius 1 is 1.05 bits per heavy atom. The monoisotopic (exact) mass is 273 g/mol. The van der Waals surface area contributed by atoms with Crippen LogP contribution in [0.25, 0.3) is 10.8 Å². The highest BCUT2D eigenvalue weighted by Crippen LogP contribution is 2.22. The first-order valence-corrected chi connectivity index (χ1v) is 6.13. The summed E-state index contributed by atoms with van der Waals surface area (Å²) in [6, 6.07) is 13.3. The molecule has 0 heterocycles. The third-order valence-corrected chi connectivity index (χ3v) is 2.69. The number of methoxy groups -OCH3 is 1. The van der Waals surface area contributed by atoms with E-state index in [1.165, 1.54) is 7.11 Å². The summed E-state index contributed by atoms with van der Waals surface area (Å²) >= 11 is 0. The molecule has 5 nitrogen and oxygen atoms in total. The minimum atomic E-state index is -0.569. The molecule has 0 atom stereocenters. The van der Waals surface area contributed by atoms with Gasteiger partial charge < -0.3 is 14.8 Å². The van der Waals surface area contributed by atoms with E-state index in [1.807, 2.05) is 36.4 Å². The van der Waals surface area contributed by atoms with Gasteiger partial charge in [-0.1, -0.05) is 36.4 Å². The fraction of sp³-hybridized carbons (Fsp3) is 0.200. The maximum absolute atomic E-state index is 11.7. The zero-order chi connectivity index (χ0) is 14.4. The summed E-state index contributed by atoms with van der Waals surface area (Å²) in [7, 11) is 1.39. The number of rotatable bonds is 5. The normalized spacial score (nSPS) is 10.2. The first-order chi connectivity index (χ1) is 9.70. The van der Waals surface area contributed by atoms with Crippen molar-refractivity contribution in [2.24, 2.45) is 0 Å². The van der Waals surface area contributed by atoms with Crippen LogP contribution in [-0.2, 0) is 19.1 Å². The molecular formula is C15H15NO4. The maximum atomic E-state index is 11.7. The van der Waals surface area contributed by atoms with Crippen molar-refractivity contribution >= 4 is 28.3 Å². The molecule has 0 aliphatic rings. The molecule has 104 valence electrons. The first kappa shape index (κ1) is 14.0. The average molecular weight is 273 g/mol. The van der Waals surface area contributed by atoms with Crippen molar-refractivity contribution in [3.63, 3.8) is 0 Å². The Kier molecular flexibility index (Phi) is 4.68. The number of benzene rings is 2. The smallest absolute Gasteiger partial charge is 0.332 e. The highest BCUT2D eigenvalue weighted by Gasteiger charge is 2.08. The van der Waals surface area contributed by atoms with E-state index in [-0.39, 0.29) is 19.1 Å². The molecule has 0 radical (unpaired) electrons. The lowest BCUT2D eigenvalue weighted by Gasteiger charge is -2.09. The lowest BCUT2D eigenvalue weighted by molar-refractivity contribution is -0.150. The summed E-state index contributed by atoms with van der Waals surface area (Å²) in [5.74, 6) is -0.952. The second kappa shape index (κ2) is 6.68. The van der Waals surface area contributed by atoms with Crippen LogP contribution in [0.4, 0.5) is 5.69 Å². The van der Waals surface area contributed by atoms with Crippen LogP contribution in [0.1, 0.15) is 0 Å². The van der Waals surface area contributed by atoms with Crippen LogP contribution in [0.5, 0.6) is 0 Å². The molecule has 0 spiro atoms. The number of ether oxygens (including phenoxy) is 2. The zero-order valence-corrected chi connectivity index (χ0v) is 11.1. The molecule has 1 N–H and O–H groups in total. The van der Waals surface area contributed by atoms with Gasteiger partial charge in [0.15, 0.2) is 6.61 Å². The van der Waals surface area contributed by atoms with Gasteiger partial charge in [0.1, 0.15) is 6.61 Å². The second-order valence-corrected chi connectivity index (χ2v) is 4.17. The number of carbonyl (C=O) groups is 2. The van der Waals surface area contributed by atoms with Gasteiger partial charge in [0.2, 0.25) is 0 Å². The number of hydrogen-bond donors (Lipinski definition) is 1. The maximum Gasteiger partial charge on any atom is 0.332 e. The van der Waals surface area contributed by atoms with E-state index in [2.05, 4.69) is 10.1 Å². The molecule has 2 aromatic rings. The Labute approximate surface area is 116 Å². The topological polar surface area (TPSA) is 64.6 Å². The van der Waals surface area contributed by atoms with Gasteiger partial charge in [-0.3, -0.25) is 4.79 Å².